The Bertz CT molecular complexity index is 1360. The number of nitrogens with zero attached hydrogens (tertiary/aromatic N) is 4. The van der Waals surface area contributed by atoms with E-state index in [0.717, 1.165) is 41.1 Å². The topological polar surface area (TPSA) is 93.1 Å². The highest BCUT2D eigenvalue weighted by Gasteiger charge is 2.48. The lowest BCUT2D eigenvalue weighted by atomic mass is 10.0. The maximum absolute atomic E-state index is 14.6. The summed E-state index contributed by atoms with van der Waals surface area (Å²) in [6.07, 6.45) is -4.45. The number of hydrogen-bond acceptors (Lipinski definition) is 7. The van der Waals surface area contributed by atoms with Gasteiger partial charge in [-0.3, -0.25) is 4.79 Å². The quantitative estimate of drug-likeness (QED) is 0.407. The molecule has 1 fully saturated rings. The van der Waals surface area contributed by atoms with Crippen LogP contribution in [-0.4, -0.2) is 51.7 Å². The third kappa shape index (κ3) is 5.30. The molecule has 3 aromatic rings. The molecule has 0 spiro atoms. The first-order valence-corrected chi connectivity index (χ1v) is 12.9. The number of sulfonamides is 1. The SMILES string of the molecule is C[C@H]1[C@H](F)C[C@@H](C(=O)CCc2cc(-c3cnc(C(F)(F)F)s3)ncn2)N1S(=O)(=O)c1ccc(F)cc1. The van der Waals surface area contributed by atoms with Crippen LogP contribution in [0.5, 0.6) is 0 Å². The van der Waals surface area contributed by atoms with Gasteiger partial charge in [-0.2, -0.15) is 17.5 Å². The van der Waals surface area contributed by atoms with Crippen LogP contribution in [0.3, 0.4) is 0 Å². The van der Waals surface area contributed by atoms with Crippen LogP contribution in [0.2, 0.25) is 0 Å². The van der Waals surface area contributed by atoms with Gasteiger partial charge in [0.25, 0.3) is 0 Å². The summed E-state index contributed by atoms with van der Waals surface area (Å²) >= 11 is 0.417. The standard InChI is InChI=1S/C22H19F5N4O3S2/c1-12-16(24)9-18(31(12)36(33,34)15-5-2-13(23)3-6-15)19(32)7-4-14-8-17(30-11-29-14)20-10-28-21(35-20)22(25,26)27/h2-3,5-6,8,10-12,16,18H,4,7,9H2,1H3/t12-,16+,18-/m0/s1. The zero-order chi connectivity index (χ0) is 26.3. The molecule has 1 aliphatic heterocycles. The molecule has 2 aromatic heterocycles. The number of halogens is 5. The first-order valence-electron chi connectivity index (χ1n) is 10.7. The van der Waals surface area contributed by atoms with E-state index in [-0.39, 0.29) is 34.7 Å². The van der Waals surface area contributed by atoms with Crippen molar-refractivity contribution in [3.05, 3.63) is 59.4 Å². The number of alkyl halides is 4. The molecular weight excluding hydrogens is 527 g/mol. The maximum Gasteiger partial charge on any atom is 0.443 e. The van der Waals surface area contributed by atoms with Crippen molar-refractivity contribution in [3.8, 4) is 10.6 Å². The molecule has 0 N–H and O–H groups in total. The fourth-order valence-corrected chi connectivity index (χ4v) is 6.54. The molecule has 0 bridgehead atoms. The van der Waals surface area contributed by atoms with E-state index in [1.165, 1.54) is 13.0 Å². The third-order valence-electron chi connectivity index (χ3n) is 5.79. The van der Waals surface area contributed by atoms with Crippen LogP contribution in [0.25, 0.3) is 10.6 Å². The van der Waals surface area contributed by atoms with Gasteiger partial charge in [-0.05, 0) is 43.7 Å². The second kappa shape index (κ2) is 9.90. The Kier molecular flexibility index (Phi) is 7.21. The second-order valence-electron chi connectivity index (χ2n) is 8.19. The molecule has 0 unspecified atom stereocenters. The first kappa shape index (κ1) is 26.2. The summed E-state index contributed by atoms with van der Waals surface area (Å²) in [7, 11) is -4.28. The van der Waals surface area contributed by atoms with Crippen molar-refractivity contribution in [2.45, 2.75) is 55.5 Å². The van der Waals surface area contributed by atoms with E-state index in [4.69, 9.17) is 0 Å². The number of aromatic nitrogens is 3. The molecule has 0 aliphatic carbocycles. The Hall–Kier alpha value is -2.84. The van der Waals surface area contributed by atoms with Crippen molar-refractivity contribution in [2.75, 3.05) is 0 Å². The molecule has 0 radical (unpaired) electrons. The van der Waals surface area contributed by atoms with E-state index < -0.39 is 51.1 Å². The predicted molar refractivity (Wildman–Crippen MR) is 120 cm³/mol. The van der Waals surface area contributed by atoms with Crippen LogP contribution >= 0.6 is 11.3 Å². The highest BCUT2D eigenvalue weighted by Crippen LogP contribution is 2.36. The Labute approximate surface area is 207 Å². The number of rotatable bonds is 7. The van der Waals surface area contributed by atoms with Gasteiger partial charge in [0.1, 0.15) is 18.3 Å². The van der Waals surface area contributed by atoms with E-state index >= 15 is 0 Å². The number of carbonyl (C=O) groups is 1. The summed E-state index contributed by atoms with van der Waals surface area (Å²) in [5, 5.41) is -1.02. The van der Waals surface area contributed by atoms with E-state index in [0.29, 0.717) is 17.0 Å². The van der Waals surface area contributed by atoms with Gasteiger partial charge in [0.2, 0.25) is 10.0 Å². The molecule has 14 heteroatoms. The zero-order valence-corrected chi connectivity index (χ0v) is 20.2. The minimum Gasteiger partial charge on any atom is -0.298 e. The molecule has 3 atom stereocenters. The van der Waals surface area contributed by atoms with Crippen LogP contribution in [0, 0.1) is 5.82 Å². The van der Waals surface area contributed by atoms with Gasteiger partial charge >= 0.3 is 6.18 Å². The monoisotopic (exact) mass is 546 g/mol. The van der Waals surface area contributed by atoms with E-state index in [1.807, 2.05) is 0 Å². The number of benzene rings is 1. The summed E-state index contributed by atoms with van der Waals surface area (Å²) in [5.41, 5.74) is 0.533. The molecular formula is C22H19F5N4O3S2. The predicted octanol–water partition coefficient (Wildman–Crippen LogP) is 4.45. The van der Waals surface area contributed by atoms with E-state index in [2.05, 4.69) is 15.0 Å². The van der Waals surface area contributed by atoms with E-state index in [9.17, 15) is 35.2 Å². The fourth-order valence-electron chi connectivity index (χ4n) is 3.96. The number of thiazole rings is 1. The largest absolute Gasteiger partial charge is 0.443 e. The average Bonchev–Trinajstić information content (AvgIpc) is 3.44. The lowest BCUT2D eigenvalue weighted by molar-refractivity contribution is -0.137. The minimum atomic E-state index is -4.59. The van der Waals surface area contributed by atoms with Gasteiger partial charge in [-0.15, -0.1) is 11.3 Å². The van der Waals surface area contributed by atoms with Crippen molar-refractivity contribution >= 4 is 27.1 Å². The Balaban J connectivity index is 1.50. The first-order chi connectivity index (χ1) is 16.9. The van der Waals surface area contributed by atoms with Gasteiger partial charge in [-0.25, -0.2) is 32.2 Å². The van der Waals surface area contributed by atoms with E-state index in [1.54, 1.807) is 0 Å². The molecule has 3 heterocycles. The number of carbonyl (C=O) groups excluding carboxylic acids is 1. The number of hydrogen-bond donors (Lipinski definition) is 0. The lowest BCUT2D eigenvalue weighted by Crippen LogP contribution is -2.44. The van der Waals surface area contributed by atoms with Crippen LogP contribution < -0.4 is 0 Å². The molecule has 4 rings (SSSR count). The Morgan fingerprint density at radius 1 is 1.17 bits per heavy atom. The number of aryl methyl sites for hydroxylation is 1. The van der Waals surface area contributed by atoms with Gasteiger partial charge in [0.05, 0.1) is 27.6 Å². The smallest absolute Gasteiger partial charge is 0.298 e. The Morgan fingerprint density at radius 3 is 2.50 bits per heavy atom. The molecule has 0 saturated carbocycles. The maximum atomic E-state index is 14.6. The summed E-state index contributed by atoms with van der Waals surface area (Å²) in [5.74, 6) is -1.18. The molecule has 1 aromatic carbocycles. The second-order valence-corrected chi connectivity index (χ2v) is 11.1. The van der Waals surface area contributed by atoms with Crippen molar-refractivity contribution < 1.29 is 35.2 Å². The molecule has 1 aliphatic rings. The van der Waals surface area contributed by atoms with Gasteiger partial charge in [0.15, 0.2) is 10.8 Å². The number of ketones is 1. The van der Waals surface area contributed by atoms with Crippen molar-refractivity contribution in [1.82, 2.24) is 19.3 Å². The van der Waals surface area contributed by atoms with Crippen molar-refractivity contribution in [2.24, 2.45) is 0 Å². The van der Waals surface area contributed by atoms with Gasteiger partial charge < -0.3 is 0 Å². The molecule has 192 valence electrons. The van der Waals surface area contributed by atoms with Crippen molar-refractivity contribution in [3.63, 3.8) is 0 Å². The number of Topliss-reactive ketones (excluding diaryl/α,β-unsaturated/α-hetero) is 1. The molecule has 1 saturated heterocycles. The Morgan fingerprint density at radius 2 is 1.86 bits per heavy atom. The normalized spacial score (nSPS) is 21.1. The van der Waals surface area contributed by atoms with Gasteiger partial charge in [0, 0.05) is 24.7 Å². The minimum absolute atomic E-state index is 0.0333. The summed E-state index contributed by atoms with van der Waals surface area (Å²) < 4.78 is 93.4. The summed E-state index contributed by atoms with van der Waals surface area (Å²) in [4.78, 5) is 24.3. The average molecular weight is 547 g/mol. The lowest BCUT2D eigenvalue weighted by Gasteiger charge is -2.26. The van der Waals surface area contributed by atoms with Crippen LogP contribution in [0.4, 0.5) is 22.0 Å². The summed E-state index contributed by atoms with van der Waals surface area (Å²) in [6, 6.07) is 3.09. The molecule has 0 amide bonds. The molecule has 36 heavy (non-hydrogen) atoms. The third-order valence-corrected chi connectivity index (χ3v) is 8.87. The van der Waals surface area contributed by atoms with Crippen LogP contribution in [-0.2, 0) is 27.4 Å². The van der Waals surface area contributed by atoms with Crippen LogP contribution in [0.15, 0.2) is 47.8 Å². The fraction of sp³-hybridized carbons (Fsp3) is 0.364. The van der Waals surface area contributed by atoms with Gasteiger partial charge in [-0.1, -0.05) is 0 Å². The highest BCUT2D eigenvalue weighted by atomic mass is 32.2. The zero-order valence-electron chi connectivity index (χ0n) is 18.6. The highest BCUT2D eigenvalue weighted by molar-refractivity contribution is 7.89. The molecule has 7 nitrogen and oxygen atoms in total. The van der Waals surface area contributed by atoms with Crippen LogP contribution in [0.1, 0.15) is 30.5 Å². The summed E-state index contributed by atoms with van der Waals surface area (Å²) in [6.45, 7) is 1.36. The van der Waals surface area contributed by atoms with Crippen molar-refractivity contribution in [1.29, 1.82) is 0 Å².